The van der Waals surface area contributed by atoms with Crippen molar-refractivity contribution in [3.8, 4) is 0 Å². The molecule has 1 aliphatic rings. The summed E-state index contributed by atoms with van der Waals surface area (Å²) in [6.45, 7) is 2.67. The highest BCUT2D eigenvalue weighted by atomic mass is 35.5. The number of ether oxygens (including phenoxy) is 1. The van der Waals surface area contributed by atoms with Gasteiger partial charge in [-0.1, -0.05) is 0 Å². The van der Waals surface area contributed by atoms with Crippen molar-refractivity contribution < 1.29 is 9.13 Å². The van der Waals surface area contributed by atoms with E-state index in [0.29, 0.717) is 11.8 Å². The van der Waals surface area contributed by atoms with Gasteiger partial charge in [-0.25, -0.2) is 4.39 Å². The van der Waals surface area contributed by atoms with E-state index in [-0.39, 0.29) is 5.82 Å². The Kier molecular flexibility index (Phi) is 4.84. The monoisotopic (exact) mass is 271 g/mol. The van der Waals surface area contributed by atoms with Gasteiger partial charge in [-0.15, -0.1) is 11.6 Å². The fourth-order valence-electron chi connectivity index (χ4n) is 2.45. The van der Waals surface area contributed by atoms with Crippen molar-refractivity contribution in [1.29, 1.82) is 0 Å². The van der Waals surface area contributed by atoms with Crippen molar-refractivity contribution in [3.05, 3.63) is 29.6 Å². The van der Waals surface area contributed by atoms with Crippen LogP contribution in [0.5, 0.6) is 0 Å². The van der Waals surface area contributed by atoms with Crippen LogP contribution < -0.4 is 4.90 Å². The summed E-state index contributed by atoms with van der Waals surface area (Å²) in [5.74, 6) is 0.761. The van der Waals surface area contributed by atoms with Crippen LogP contribution in [0.4, 0.5) is 10.1 Å². The first-order valence-electron chi connectivity index (χ1n) is 6.34. The Morgan fingerprint density at radius 2 is 2.11 bits per heavy atom. The Labute approximate surface area is 113 Å². The summed E-state index contributed by atoms with van der Waals surface area (Å²) < 4.78 is 18.5. The van der Waals surface area contributed by atoms with Crippen LogP contribution in [0, 0.1) is 11.7 Å². The summed E-state index contributed by atoms with van der Waals surface area (Å²) in [6.07, 6.45) is 2.20. The van der Waals surface area contributed by atoms with Crippen molar-refractivity contribution >= 4 is 17.3 Å². The lowest BCUT2D eigenvalue weighted by atomic mass is 9.99. The molecule has 1 aliphatic heterocycles. The fourth-order valence-corrected chi connectivity index (χ4v) is 2.66. The molecule has 2 rings (SSSR count). The summed E-state index contributed by atoms with van der Waals surface area (Å²) >= 11 is 5.88. The van der Waals surface area contributed by atoms with E-state index < -0.39 is 0 Å². The lowest BCUT2D eigenvalue weighted by Gasteiger charge is -2.29. The zero-order valence-corrected chi connectivity index (χ0v) is 11.4. The molecule has 2 nitrogen and oxygen atoms in total. The third kappa shape index (κ3) is 3.36. The maximum atomic E-state index is 13.2. The second-order valence-corrected chi connectivity index (χ2v) is 5.11. The average Bonchev–Trinajstić information content (AvgIpc) is 2.39. The number of rotatable bonds is 4. The van der Waals surface area contributed by atoms with Gasteiger partial charge in [0.2, 0.25) is 0 Å². The topological polar surface area (TPSA) is 12.5 Å². The Balaban J connectivity index is 2.05. The van der Waals surface area contributed by atoms with Crippen molar-refractivity contribution in [3.63, 3.8) is 0 Å². The van der Waals surface area contributed by atoms with Gasteiger partial charge in [0.1, 0.15) is 5.82 Å². The van der Waals surface area contributed by atoms with E-state index in [4.69, 9.17) is 16.3 Å². The van der Waals surface area contributed by atoms with E-state index in [1.54, 1.807) is 0 Å². The number of nitrogens with zero attached hydrogens (tertiary/aromatic N) is 1. The van der Waals surface area contributed by atoms with Gasteiger partial charge in [-0.05, 0) is 42.5 Å². The predicted molar refractivity (Wildman–Crippen MR) is 72.8 cm³/mol. The molecule has 0 spiro atoms. The summed E-state index contributed by atoms with van der Waals surface area (Å²) in [4.78, 5) is 2.17. The highest BCUT2D eigenvalue weighted by molar-refractivity contribution is 6.17. The van der Waals surface area contributed by atoms with Crippen LogP contribution in [0.15, 0.2) is 18.2 Å². The number of anilines is 1. The molecule has 1 aromatic rings. The van der Waals surface area contributed by atoms with E-state index >= 15 is 0 Å². The van der Waals surface area contributed by atoms with Crippen LogP contribution in [0.2, 0.25) is 0 Å². The number of benzene rings is 1. The number of alkyl halides is 1. The summed E-state index contributed by atoms with van der Waals surface area (Å²) in [6, 6.07) is 4.82. The maximum Gasteiger partial charge on any atom is 0.123 e. The SMILES string of the molecule is CN(CC1CCOCC1)c1ccc(F)cc1CCl. The van der Waals surface area contributed by atoms with E-state index in [9.17, 15) is 4.39 Å². The van der Waals surface area contributed by atoms with Crippen LogP contribution in [0.3, 0.4) is 0 Å². The van der Waals surface area contributed by atoms with Crippen LogP contribution in [-0.4, -0.2) is 26.8 Å². The molecule has 1 fully saturated rings. The van der Waals surface area contributed by atoms with Crippen molar-refractivity contribution in [1.82, 2.24) is 0 Å². The van der Waals surface area contributed by atoms with Gasteiger partial charge in [0.15, 0.2) is 0 Å². The zero-order valence-electron chi connectivity index (χ0n) is 10.7. The Morgan fingerprint density at radius 1 is 1.39 bits per heavy atom. The lowest BCUT2D eigenvalue weighted by Crippen LogP contribution is -2.30. The minimum Gasteiger partial charge on any atom is -0.381 e. The molecule has 0 aliphatic carbocycles. The first-order valence-corrected chi connectivity index (χ1v) is 6.87. The molecule has 1 saturated heterocycles. The van der Waals surface area contributed by atoms with Crippen LogP contribution >= 0.6 is 11.6 Å². The predicted octanol–water partition coefficient (Wildman–Crippen LogP) is 3.43. The molecule has 0 saturated carbocycles. The van der Waals surface area contributed by atoms with Crippen LogP contribution in [0.25, 0.3) is 0 Å². The quantitative estimate of drug-likeness (QED) is 0.778. The number of hydrogen-bond donors (Lipinski definition) is 0. The second-order valence-electron chi connectivity index (χ2n) is 4.84. The first kappa shape index (κ1) is 13.6. The van der Waals surface area contributed by atoms with Crippen molar-refractivity contribution in [2.24, 2.45) is 5.92 Å². The standard InChI is InChI=1S/C14H19ClFNO/c1-17(10-11-4-6-18-7-5-11)14-3-2-13(16)8-12(14)9-15/h2-3,8,11H,4-7,9-10H2,1H3. The molecule has 1 heterocycles. The number of hydrogen-bond acceptors (Lipinski definition) is 2. The molecule has 18 heavy (non-hydrogen) atoms. The summed E-state index contributed by atoms with van der Waals surface area (Å²) in [7, 11) is 2.04. The molecule has 100 valence electrons. The van der Waals surface area contributed by atoms with Crippen LogP contribution in [-0.2, 0) is 10.6 Å². The molecule has 4 heteroatoms. The molecule has 0 aromatic heterocycles. The average molecular weight is 272 g/mol. The van der Waals surface area contributed by atoms with E-state index in [0.717, 1.165) is 43.9 Å². The highest BCUT2D eigenvalue weighted by Gasteiger charge is 2.17. The van der Waals surface area contributed by atoms with E-state index in [2.05, 4.69) is 4.90 Å². The fraction of sp³-hybridized carbons (Fsp3) is 0.571. The maximum absolute atomic E-state index is 13.2. The van der Waals surface area contributed by atoms with Gasteiger partial charge < -0.3 is 9.64 Å². The molecule has 0 radical (unpaired) electrons. The Bertz CT molecular complexity index is 393. The van der Waals surface area contributed by atoms with Gasteiger partial charge in [0.05, 0.1) is 0 Å². The first-order chi connectivity index (χ1) is 8.70. The number of halogens is 2. The van der Waals surface area contributed by atoms with Gasteiger partial charge in [-0.3, -0.25) is 0 Å². The second kappa shape index (κ2) is 6.39. The van der Waals surface area contributed by atoms with Gasteiger partial charge >= 0.3 is 0 Å². The molecule has 0 unspecified atom stereocenters. The lowest BCUT2D eigenvalue weighted by molar-refractivity contribution is 0.0685. The van der Waals surface area contributed by atoms with E-state index in [1.807, 2.05) is 13.1 Å². The molecule has 0 bridgehead atoms. The molecule has 0 atom stereocenters. The molecule has 1 aromatic carbocycles. The molecular formula is C14H19ClFNO. The third-order valence-corrected chi connectivity index (χ3v) is 3.76. The Hall–Kier alpha value is -0.800. The summed E-state index contributed by atoms with van der Waals surface area (Å²) in [5, 5.41) is 0. The van der Waals surface area contributed by atoms with Crippen LogP contribution in [0.1, 0.15) is 18.4 Å². The zero-order chi connectivity index (χ0) is 13.0. The third-order valence-electron chi connectivity index (χ3n) is 3.47. The van der Waals surface area contributed by atoms with Gasteiger partial charge in [0.25, 0.3) is 0 Å². The minimum absolute atomic E-state index is 0.228. The normalized spacial score (nSPS) is 16.8. The van der Waals surface area contributed by atoms with Crippen molar-refractivity contribution in [2.75, 3.05) is 31.7 Å². The van der Waals surface area contributed by atoms with Crippen molar-refractivity contribution in [2.45, 2.75) is 18.7 Å². The largest absolute Gasteiger partial charge is 0.381 e. The van der Waals surface area contributed by atoms with E-state index in [1.165, 1.54) is 12.1 Å². The molecule has 0 amide bonds. The minimum atomic E-state index is -0.228. The van der Waals surface area contributed by atoms with Gasteiger partial charge in [0, 0.05) is 38.4 Å². The van der Waals surface area contributed by atoms with Gasteiger partial charge in [-0.2, -0.15) is 0 Å². The smallest absolute Gasteiger partial charge is 0.123 e. The highest BCUT2D eigenvalue weighted by Crippen LogP contribution is 2.25. The Morgan fingerprint density at radius 3 is 2.78 bits per heavy atom. The summed E-state index contributed by atoms with van der Waals surface area (Å²) in [5.41, 5.74) is 1.88. The molecule has 0 N–H and O–H groups in total. The molecular weight excluding hydrogens is 253 g/mol.